The number of hydrogen-bond acceptors (Lipinski definition) is 2. The van der Waals surface area contributed by atoms with E-state index >= 15 is 0 Å². The van der Waals surface area contributed by atoms with Gasteiger partial charge in [0, 0.05) is 22.0 Å². The van der Waals surface area contributed by atoms with E-state index in [0.29, 0.717) is 0 Å². The molecule has 0 bridgehead atoms. The van der Waals surface area contributed by atoms with Crippen molar-refractivity contribution >= 4 is 33.2 Å². The van der Waals surface area contributed by atoms with E-state index in [4.69, 9.17) is 9.41 Å². The van der Waals surface area contributed by atoms with Crippen LogP contribution in [0.5, 0.6) is 0 Å². The van der Waals surface area contributed by atoms with Gasteiger partial charge in [-0.05, 0) is 43.2 Å². The molecule has 0 unspecified atom stereocenters. The molecule has 0 aliphatic carbocycles. The first-order valence-electron chi connectivity index (χ1n) is 9.02. The van der Waals surface area contributed by atoms with Crippen molar-refractivity contribution in [2.75, 3.05) is 0 Å². The van der Waals surface area contributed by atoms with Crippen LogP contribution >= 0.6 is 0 Å². The Hall–Kier alpha value is -3.39. The fourth-order valence-electron chi connectivity index (χ4n) is 3.35. The van der Waals surface area contributed by atoms with E-state index in [-0.39, 0.29) is 0 Å². The van der Waals surface area contributed by atoms with Gasteiger partial charge in [-0.15, -0.1) is 0 Å². The van der Waals surface area contributed by atoms with Gasteiger partial charge in [-0.25, -0.2) is 0 Å². The normalized spacial score (nSPS) is 12.7. The molecule has 0 aliphatic rings. The van der Waals surface area contributed by atoms with Crippen molar-refractivity contribution in [1.82, 2.24) is 0 Å². The van der Waals surface area contributed by atoms with Gasteiger partial charge in [0.1, 0.15) is 11.2 Å². The highest BCUT2D eigenvalue weighted by Crippen LogP contribution is 2.32. The molecule has 1 aromatic heterocycles. The van der Waals surface area contributed by atoms with Crippen LogP contribution in [0.15, 0.2) is 101 Å². The number of furan rings is 1. The fraction of sp³-hybridized carbons (Fsp3) is 0.0800. The molecule has 1 heterocycles. The summed E-state index contributed by atoms with van der Waals surface area (Å²) in [6.45, 7) is 8.01. The van der Waals surface area contributed by atoms with E-state index < -0.39 is 0 Å². The SMILES string of the molecule is C=C(C)N=C(/C=C(\C)c1ccccc1)c1cccc2oc3ccccc3c12. The lowest BCUT2D eigenvalue weighted by Gasteiger charge is -2.08. The number of nitrogens with zero attached hydrogens (tertiary/aromatic N) is 1. The minimum atomic E-state index is 0.770. The molecule has 2 nitrogen and oxygen atoms in total. The van der Waals surface area contributed by atoms with E-state index in [1.165, 1.54) is 5.56 Å². The number of fused-ring (bicyclic) bond motifs is 3. The van der Waals surface area contributed by atoms with Crippen LogP contribution in [0, 0.1) is 0 Å². The lowest BCUT2D eigenvalue weighted by molar-refractivity contribution is 0.669. The average molecular weight is 351 g/mol. The first-order chi connectivity index (χ1) is 13.1. The highest BCUT2D eigenvalue weighted by atomic mass is 16.3. The summed E-state index contributed by atoms with van der Waals surface area (Å²) in [6.07, 6.45) is 2.13. The molecule has 0 fully saturated rings. The summed E-state index contributed by atoms with van der Waals surface area (Å²) in [6, 6.07) is 24.6. The Kier molecular flexibility index (Phi) is 4.47. The Morgan fingerprint density at radius 1 is 0.852 bits per heavy atom. The quantitative estimate of drug-likeness (QED) is 0.363. The molecule has 0 N–H and O–H groups in total. The van der Waals surface area contributed by atoms with Gasteiger partial charge in [-0.1, -0.05) is 67.2 Å². The molecule has 0 atom stereocenters. The molecule has 0 spiro atoms. The third-order valence-corrected chi connectivity index (χ3v) is 4.57. The smallest absolute Gasteiger partial charge is 0.136 e. The van der Waals surface area contributed by atoms with Crippen molar-refractivity contribution in [1.29, 1.82) is 0 Å². The predicted octanol–water partition coefficient (Wildman–Crippen LogP) is 7.01. The number of benzene rings is 3. The Balaban J connectivity index is 1.96. The zero-order valence-corrected chi connectivity index (χ0v) is 15.6. The Labute approximate surface area is 159 Å². The zero-order valence-electron chi connectivity index (χ0n) is 15.6. The summed E-state index contributed by atoms with van der Waals surface area (Å²) >= 11 is 0. The second kappa shape index (κ2) is 7.08. The first kappa shape index (κ1) is 17.0. The van der Waals surface area contributed by atoms with Crippen molar-refractivity contribution < 1.29 is 4.42 Å². The van der Waals surface area contributed by atoms with Crippen LogP contribution in [0.1, 0.15) is 25.0 Å². The molecule has 27 heavy (non-hydrogen) atoms. The van der Waals surface area contributed by atoms with Crippen LogP contribution in [-0.2, 0) is 0 Å². The highest BCUT2D eigenvalue weighted by molar-refractivity contribution is 6.23. The first-order valence-corrected chi connectivity index (χ1v) is 9.02. The van der Waals surface area contributed by atoms with Gasteiger partial charge >= 0.3 is 0 Å². The second-order valence-electron chi connectivity index (χ2n) is 6.70. The molecule has 4 rings (SSSR count). The minimum absolute atomic E-state index is 0.770. The molecule has 4 aromatic rings. The topological polar surface area (TPSA) is 25.5 Å². The van der Waals surface area contributed by atoms with Crippen LogP contribution in [0.4, 0.5) is 0 Å². The molecule has 0 saturated heterocycles. The highest BCUT2D eigenvalue weighted by Gasteiger charge is 2.14. The molecule has 132 valence electrons. The van der Waals surface area contributed by atoms with Crippen molar-refractivity contribution in [3.63, 3.8) is 0 Å². The maximum absolute atomic E-state index is 6.04. The largest absolute Gasteiger partial charge is 0.456 e. The number of aliphatic imine (C=N–C) groups is 1. The molecular formula is C25H21NO. The van der Waals surface area contributed by atoms with Gasteiger partial charge in [0.2, 0.25) is 0 Å². The third kappa shape index (κ3) is 3.34. The maximum atomic E-state index is 6.04. The van der Waals surface area contributed by atoms with Crippen molar-refractivity contribution in [2.24, 2.45) is 4.99 Å². The molecular weight excluding hydrogens is 330 g/mol. The number of para-hydroxylation sites is 1. The van der Waals surface area contributed by atoms with E-state index in [2.05, 4.69) is 43.8 Å². The number of allylic oxidation sites excluding steroid dienone is 3. The minimum Gasteiger partial charge on any atom is -0.456 e. The van der Waals surface area contributed by atoms with Gasteiger partial charge in [-0.2, -0.15) is 0 Å². The van der Waals surface area contributed by atoms with Crippen LogP contribution in [0.25, 0.3) is 27.5 Å². The van der Waals surface area contributed by atoms with Crippen LogP contribution < -0.4 is 0 Å². The van der Waals surface area contributed by atoms with Gasteiger partial charge < -0.3 is 4.42 Å². The Bertz CT molecular complexity index is 1190. The van der Waals surface area contributed by atoms with Crippen LogP contribution in [-0.4, -0.2) is 5.71 Å². The molecule has 2 heteroatoms. The molecule has 0 radical (unpaired) electrons. The summed E-state index contributed by atoms with van der Waals surface area (Å²) in [7, 11) is 0. The lowest BCUT2D eigenvalue weighted by atomic mass is 9.98. The van der Waals surface area contributed by atoms with E-state index in [9.17, 15) is 0 Å². The van der Waals surface area contributed by atoms with E-state index in [0.717, 1.165) is 44.5 Å². The maximum Gasteiger partial charge on any atom is 0.136 e. The Morgan fingerprint density at radius 3 is 2.33 bits per heavy atom. The van der Waals surface area contributed by atoms with Gasteiger partial charge in [0.05, 0.1) is 5.71 Å². The summed E-state index contributed by atoms with van der Waals surface area (Å²) in [4.78, 5) is 4.75. The van der Waals surface area contributed by atoms with Crippen LogP contribution in [0.2, 0.25) is 0 Å². The van der Waals surface area contributed by atoms with Gasteiger partial charge in [-0.3, -0.25) is 4.99 Å². The van der Waals surface area contributed by atoms with E-state index in [1.807, 2.05) is 55.5 Å². The summed E-state index contributed by atoms with van der Waals surface area (Å²) < 4.78 is 6.04. The fourth-order valence-corrected chi connectivity index (χ4v) is 3.35. The van der Waals surface area contributed by atoms with E-state index in [1.54, 1.807) is 0 Å². The molecule has 0 saturated carbocycles. The third-order valence-electron chi connectivity index (χ3n) is 4.57. The number of hydrogen-bond donors (Lipinski definition) is 0. The van der Waals surface area contributed by atoms with Gasteiger partial charge in [0.15, 0.2) is 0 Å². The van der Waals surface area contributed by atoms with Crippen molar-refractivity contribution in [3.8, 4) is 0 Å². The van der Waals surface area contributed by atoms with Crippen molar-refractivity contribution in [3.05, 3.63) is 102 Å². The monoisotopic (exact) mass is 351 g/mol. The molecule has 0 amide bonds. The Morgan fingerprint density at radius 2 is 1.56 bits per heavy atom. The predicted molar refractivity (Wildman–Crippen MR) is 115 cm³/mol. The lowest BCUT2D eigenvalue weighted by Crippen LogP contribution is -1.99. The second-order valence-corrected chi connectivity index (χ2v) is 6.70. The van der Waals surface area contributed by atoms with Crippen molar-refractivity contribution in [2.45, 2.75) is 13.8 Å². The average Bonchev–Trinajstić information content (AvgIpc) is 3.06. The number of rotatable bonds is 4. The van der Waals surface area contributed by atoms with Crippen LogP contribution in [0.3, 0.4) is 0 Å². The summed E-state index contributed by atoms with van der Waals surface area (Å²) in [5, 5.41) is 2.19. The summed E-state index contributed by atoms with van der Waals surface area (Å²) in [5.74, 6) is 0. The summed E-state index contributed by atoms with van der Waals surface area (Å²) in [5.41, 5.74) is 6.80. The standard InChI is InChI=1S/C25H21NO/c1-17(2)26-22(16-18(3)19-10-5-4-6-11-19)20-13-9-15-24-25(20)21-12-7-8-14-23(21)27-24/h4-16H,1H2,2-3H3/b18-16+,26-22?. The zero-order chi connectivity index (χ0) is 18.8. The van der Waals surface area contributed by atoms with Gasteiger partial charge in [0.25, 0.3) is 0 Å². The molecule has 3 aromatic carbocycles. The molecule has 0 aliphatic heterocycles.